The Morgan fingerprint density at radius 3 is 2.59 bits per heavy atom. The molecule has 1 N–H and O–H groups in total. The minimum absolute atomic E-state index is 0.257. The van der Waals surface area contributed by atoms with Crippen molar-refractivity contribution in [3.8, 4) is 11.3 Å². The van der Waals surface area contributed by atoms with Gasteiger partial charge in [-0.25, -0.2) is 14.4 Å². The Morgan fingerprint density at radius 2 is 1.88 bits per heavy atom. The first kappa shape index (κ1) is 11.5. The second-order valence-electron chi connectivity index (χ2n) is 3.93. The molecule has 0 amide bonds. The van der Waals surface area contributed by atoms with Crippen molar-refractivity contribution in [1.82, 2.24) is 9.97 Å². The Bertz CT molecular complexity index is 552. The molecule has 0 aliphatic carbocycles. The summed E-state index contributed by atoms with van der Waals surface area (Å²) in [5.74, 6) is 0.288. The molecule has 4 heteroatoms. The Labute approximate surface area is 99.7 Å². The number of nitrogens with one attached hydrogen (secondary N) is 1. The van der Waals surface area contributed by atoms with E-state index in [1.807, 2.05) is 19.9 Å². The highest BCUT2D eigenvalue weighted by molar-refractivity contribution is 5.64. The molecule has 0 atom stereocenters. The molecule has 0 saturated heterocycles. The summed E-state index contributed by atoms with van der Waals surface area (Å²) in [4.78, 5) is 8.55. The number of rotatable bonds is 2. The summed E-state index contributed by atoms with van der Waals surface area (Å²) in [6.45, 7) is 3.83. The van der Waals surface area contributed by atoms with Gasteiger partial charge in [0.1, 0.15) is 5.82 Å². The predicted molar refractivity (Wildman–Crippen MR) is 66.4 cm³/mol. The van der Waals surface area contributed by atoms with E-state index in [9.17, 15) is 4.39 Å². The second-order valence-corrected chi connectivity index (χ2v) is 3.93. The van der Waals surface area contributed by atoms with E-state index in [1.54, 1.807) is 13.1 Å². The van der Waals surface area contributed by atoms with Crippen molar-refractivity contribution in [2.45, 2.75) is 13.8 Å². The molecule has 0 bridgehead atoms. The number of halogens is 1. The van der Waals surface area contributed by atoms with E-state index < -0.39 is 0 Å². The molecule has 0 spiro atoms. The molecule has 2 rings (SSSR count). The fourth-order valence-corrected chi connectivity index (χ4v) is 1.69. The minimum atomic E-state index is -0.257. The zero-order chi connectivity index (χ0) is 12.4. The average Bonchev–Trinajstić information content (AvgIpc) is 2.31. The van der Waals surface area contributed by atoms with E-state index in [-0.39, 0.29) is 5.82 Å². The lowest BCUT2D eigenvalue weighted by molar-refractivity contribution is 0.628. The molecular formula is C13H14FN3. The molecule has 2 aromatic rings. The zero-order valence-corrected chi connectivity index (χ0v) is 10.1. The molecule has 1 aromatic heterocycles. The number of nitrogens with zero attached hydrogens (tertiary/aromatic N) is 2. The lowest BCUT2D eigenvalue weighted by Crippen LogP contribution is -2.00. The highest BCUT2D eigenvalue weighted by Gasteiger charge is 2.07. The first-order valence-corrected chi connectivity index (χ1v) is 5.40. The van der Waals surface area contributed by atoms with Gasteiger partial charge in [0.05, 0.1) is 5.69 Å². The SMILES string of the molecule is CNc1nc(C)cc(-c2cc(F)ccc2C)n1. The number of hydrogen-bond donors (Lipinski definition) is 1. The molecule has 0 aliphatic rings. The number of anilines is 1. The van der Waals surface area contributed by atoms with Crippen LogP contribution in [0.25, 0.3) is 11.3 Å². The Morgan fingerprint density at radius 1 is 1.12 bits per heavy atom. The van der Waals surface area contributed by atoms with Gasteiger partial charge < -0.3 is 5.32 Å². The quantitative estimate of drug-likeness (QED) is 0.863. The third kappa shape index (κ3) is 2.41. The number of hydrogen-bond acceptors (Lipinski definition) is 3. The Hall–Kier alpha value is -1.97. The summed E-state index contributed by atoms with van der Waals surface area (Å²) in [6.07, 6.45) is 0. The fraction of sp³-hybridized carbons (Fsp3) is 0.231. The van der Waals surface area contributed by atoms with Crippen molar-refractivity contribution >= 4 is 5.95 Å². The van der Waals surface area contributed by atoms with Gasteiger partial charge in [0.15, 0.2) is 0 Å². The van der Waals surface area contributed by atoms with Gasteiger partial charge in [0.25, 0.3) is 0 Å². The molecule has 0 fully saturated rings. The normalized spacial score (nSPS) is 10.4. The third-order valence-corrected chi connectivity index (χ3v) is 2.55. The molecule has 0 saturated carbocycles. The maximum atomic E-state index is 13.3. The van der Waals surface area contributed by atoms with Gasteiger partial charge in [-0.3, -0.25) is 0 Å². The highest BCUT2D eigenvalue weighted by Crippen LogP contribution is 2.23. The van der Waals surface area contributed by atoms with E-state index in [2.05, 4.69) is 15.3 Å². The topological polar surface area (TPSA) is 37.8 Å². The molecule has 1 heterocycles. The van der Waals surface area contributed by atoms with Gasteiger partial charge in [-0.1, -0.05) is 6.07 Å². The Kier molecular flexibility index (Phi) is 3.04. The van der Waals surface area contributed by atoms with E-state index in [0.29, 0.717) is 5.95 Å². The lowest BCUT2D eigenvalue weighted by Gasteiger charge is -2.08. The molecule has 0 aliphatic heterocycles. The van der Waals surface area contributed by atoms with Crippen LogP contribution in [0.15, 0.2) is 24.3 Å². The summed E-state index contributed by atoms with van der Waals surface area (Å²) >= 11 is 0. The van der Waals surface area contributed by atoms with Crippen LogP contribution in [-0.2, 0) is 0 Å². The molecule has 0 unspecified atom stereocenters. The largest absolute Gasteiger partial charge is 0.357 e. The fourth-order valence-electron chi connectivity index (χ4n) is 1.69. The molecule has 1 aromatic carbocycles. The number of benzene rings is 1. The summed E-state index contributed by atoms with van der Waals surface area (Å²) in [7, 11) is 1.76. The van der Waals surface area contributed by atoms with Crippen molar-refractivity contribution in [2.24, 2.45) is 0 Å². The van der Waals surface area contributed by atoms with E-state index in [4.69, 9.17) is 0 Å². The smallest absolute Gasteiger partial charge is 0.223 e. The molecule has 88 valence electrons. The second kappa shape index (κ2) is 4.49. The van der Waals surface area contributed by atoms with Crippen molar-refractivity contribution in [1.29, 1.82) is 0 Å². The van der Waals surface area contributed by atoms with Crippen molar-refractivity contribution < 1.29 is 4.39 Å². The number of aryl methyl sites for hydroxylation is 2. The van der Waals surface area contributed by atoms with E-state index in [0.717, 1.165) is 22.5 Å². The predicted octanol–water partition coefficient (Wildman–Crippen LogP) is 2.94. The van der Waals surface area contributed by atoms with Crippen LogP contribution in [0.3, 0.4) is 0 Å². The van der Waals surface area contributed by atoms with Crippen LogP contribution in [0, 0.1) is 19.7 Å². The maximum absolute atomic E-state index is 13.3. The third-order valence-electron chi connectivity index (χ3n) is 2.55. The summed E-state index contributed by atoms with van der Waals surface area (Å²) in [5.41, 5.74) is 3.38. The highest BCUT2D eigenvalue weighted by atomic mass is 19.1. The van der Waals surface area contributed by atoms with Gasteiger partial charge in [0.2, 0.25) is 5.95 Å². The average molecular weight is 231 g/mol. The standard InChI is InChI=1S/C13H14FN3/c1-8-4-5-10(14)7-11(8)12-6-9(2)16-13(15-3)17-12/h4-7H,1-3H3,(H,15,16,17). The van der Waals surface area contributed by atoms with Crippen LogP contribution in [0.5, 0.6) is 0 Å². The van der Waals surface area contributed by atoms with Gasteiger partial charge in [-0.15, -0.1) is 0 Å². The van der Waals surface area contributed by atoms with Crippen molar-refractivity contribution in [2.75, 3.05) is 12.4 Å². The van der Waals surface area contributed by atoms with Crippen molar-refractivity contribution in [3.05, 3.63) is 41.3 Å². The zero-order valence-electron chi connectivity index (χ0n) is 10.1. The lowest BCUT2D eigenvalue weighted by atomic mass is 10.0. The van der Waals surface area contributed by atoms with Crippen LogP contribution in [0.2, 0.25) is 0 Å². The first-order valence-electron chi connectivity index (χ1n) is 5.40. The summed E-state index contributed by atoms with van der Waals surface area (Å²) < 4.78 is 13.3. The summed E-state index contributed by atoms with van der Waals surface area (Å²) in [6, 6.07) is 6.55. The van der Waals surface area contributed by atoms with Gasteiger partial charge >= 0.3 is 0 Å². The van der Waals surface area contributed by atoms with Gasteiger partial charge in [-0.05, 0) is 37.6 Å². The molecule has 17 heavy (non-hydrogen) atoms. The van der Waals surface area contributed by atoms with Crippen LogP contribution < -0.4 is 5.32 Å². The van der Waals surface area contributed by atoms with Crippen LogP contribution in [0.4, 0.5) is 10.3 Å². The van der Waals surface area contributed by atoms with Crippen LogP contribution in [-0.4, -0.2) is 17.0 Å². The Balaban J connectivity index is 2.59. The maximum Gasteiger partial charge on any atom is 0.223 e. The molecule has 3 nitrogen and oxygen atoms in total. The van der Waals surface area contributed by atoms with E-state index in [1.165, 1.54) is 12.1 Å². The minimum Gasteiger partial charge on any atom is -0.357 e. The number of aromatic nitrogens is 2. The summed E-state index contributed by atoms with van der Waals surface area (Å²) in [5, 5.41) is 2.90. The van der Waals surface area contributed by atoms with Gasteiger partial charge in [-0.2, -0.15) is 0 Å². The van der Waals surface area contributed by atoms with E-state index >= 15 is 0 Å². The van der Waals surface area contributed by atoms with Gasteiger partial charge in [0, 0.05) is 18.3 Å². The van der Waals surface area contributed by atoms with Crippen LogP contribution in [0.1, 0.15) is 11.3 Å². The first-order chi connectivity index (χ1) is 8.10. The molecular weight excluding hydrogens is 217 g/mol. The monoisotopic (exact) mass is 231 g/mol. The van der Waals surface area contributed by atoms with Crippen molar-refractivity contribution in [3.63, 3.8) is 0 Å². The molecule has 0 radical (unpaired) electrons. The van der Waals surface area contributed by atoms with Crippen LogP contribution >= 0.6 is 0 Å².